The third kappa shape index (κ3) is 2.74. The number of nitrogens with zero attached hydrogens (tertiary/aromatic N) is 2. The highest BCUT2D eigenvalue weighted by atomic mass is 16.5. The van der Waals surface area contributed by atoms with Crippen LogP contribution in [0.1, 0.15) is 36.6 Å². The zero-order valence-electron chi connectivity index (χ0n) is 12.7. The van der Waals surface area contributed by atoms with Gasteiger partial charge in [-0.2, -0.15) is 5.10 Å². The number of aryl methyl sites for hydroxylation is 1. The van der Waals surface area contributed by atoms with E-state index in [1.165, 1.54) is 0 Å². The molecule has 1 aliphatic rings. The summed E-state index contributed by atoms with van der Waals surface area (Å²) >= 11 is 0. The molecule has 112 valence electrons. The van der Waals surface area contributed by atoms with Gasteiger partial charge < -0.3 is 14.8 Å². The van der Waals surface area contributed by atoms with Gasteiger partial charge in [0.15, 0.2) is 0 Å². The fraction of sp³-hybridized carbons (Fsp3) is 0.438. The van der Waals surface area contributed by atoms with Crippen molar-refractivity contribution in [3.05, 3.63) is 41.7 Å². The summed E-state index contributed by atoms with van der Waals surface area (Å²) in [4.78, 5) is 0. The predicted octanol–water partition coefficient (Wildman–Crippen LogP) is 2.60. The molecule has 2 heterocycles. The average molecular weight is 287 g/mol. The second-order valence-electron chi connectivity index (χ2n) is 5.30. The summed E-state index contributed by atoms with van der Waals surface area (Å²) in [5.74, 6) is 1.78. The lowest BCUT2D eigenvalue weighted by atomic mass is 9.94. The Kier molecular flexibility index (Phi) is 3.84. The quantitative estimate of drug-likeness (QED) is 0.939. The Bertz CT molecular complexity index is 624. The number of rotatable bonds is 4. The number of ether oxygens (including phenoxy) is 2. The summed E-state index contributed by atoms with van der Waals surface area (Å²) in [5.41, 5.74) is 2.28. The van der Waals surface area contributed by atoms with E-state index in [-0.39, 0.29) is 12.1 Å². The van der Waals surface area contributed by atoms with Crippen LogP contribution in [0.25, 0.3) is 0 Å². The smallest absolute Gasteiger partial charge is 0.129 e. The molecule has 21 heavy (non-hydrogen) atoms. The van der Waals surface area contributed by atoms with Crippen molar-refractivity contribution in [3.8, 4) is 11.5 Å². The molecular formula is C16H21N3O2. The van der Waals surface area contributed by atoms with Crippen LogP contribution in [0.3, 0.4) is 0 Å². The van der Waals surface area contributed by atoms with Crippen molar-refractivity contribution >= 4 is 0 Å². The van der Waals surface area contributed by atoms with E-state index < -0.39 is 0 Å². The largest absolute Gasteiger partial charge is 0.497 e. The van der Waals surface area contributed by atoms with Crippen LogP contribution in [-0.2, 0) is 7.05 Å². The first-order valence-corrected chi connectivity index (χ1v) is 7.27. The molecule has 0 amide bonds. The number of nitrogens with one attached hydrogen (secondary N) is 1. The zero-order chi connectivity index (χ0) is 14.8. The number of fused-ring (bicyclic) bond motifs is 1. The molecule has 1 aromatic carbocycles. The van der Waals surface area contributed by atoms with E-state index >= 15 is 0 Å². The van der Waals surface area contributed by atoms with Crippen LogP contribution in [0, 0.1) is 0 Å². The predicted molar refractivity (Wildman–Crippen MR) is 80.6 cm³/mol. The maximum absolute atomic E-state index is 6.16. The van der Waals surface area contributed by atoms with Crippen molar-refractivity contribution in [2.24, 2.45) is 7.05 Å². The minimum atomic E-state index is 0.0312. The molecule has 5 nitrogen and oxygen atoms in total. The van der Waals surface area contributed by atoms with E-state index in [9.17, 15) is 0 Å². The molecule has 3 rings (SSSR count). The van der Waals surface area contributed by atoms with Gasteiger partial charge in [0.05, 0.1) is 13.3 Å². The summed E-state index contributed by atoms with van der Waals surface area (Å²) in [6, 6.07) is 6.25. The van der Waals surface area contributed by atoms with Crippen LogP contribution in [0.2, 0.25) is 0 Å². The van der Waals surface area contributed by atoms with E-state index in [1.807, 2.05) is 36.3 Å². The molecule has 1 N–H and O–H groups in total. The topological polar surface area (TPSA) is 48.3 Å². The number of hydrogen-bond acceptors (Lipinski definition) is 4. The molecule has 0 fully saturated rings. The first-order chi connectivity index (χ1) is 10.2. The Balaban J connectivity index is 1.93. The lowest BCUT2D eigenvalue weighted by molar-refractivity contribution is 0.151. The Morgan fingerprint density at radius 3 is 3.00 bits per heavy atom. The summed E-state index contributed by atoms with van der Waals surface area (Å²) in [6.07, 6.45) is 4.81. The standard InChI is InChI=1S/C16H21N3O2/c1-4-17-14-8-16(11-9-18-19(2)10-11)21-15-6-5-12(20-3)7-13(14)15/h5-7,9-10,14,16-17H,4,8H2,1-3H3. The molecule has 0 spiro atoms. The van der Waals surface area contributed by atoms with Crippen LogP contribution in [-0.4, -0.2) is 23.4 Å². The summed E-state index contributed by atoms with van der Waals surface area (Å²) in [5, 5.41) is 7.78. The van der Waals surface area contributed by atoms with E-state index in [0.29, 0.717) is 0 Å². The minimum absolute atomic E-state index is 0.0312. The van der Waals surface area contributed by atoms with Gasteiger partial charge in [-0.15, -0.1) is 0 Å². The van der Waals surface area contributed by atoms with Crippen LogP contribution >= 0.6 is 0 Å². The number of aromatic nitrogens is 2. The van der Waals surface area contributed by atoms with Crippen LogP contribution in [0.15, 0.2) is 30.6 Å². The Hall–Kier alpha value is -2.01. The molecule has 0 aliphatic carbocycles. The lowest BCUT2D eigenvalue weighted by Gasteiger charge is -2.32. The molecule has 0 saturated carbocycles. The van der Waals surface area contributed by atoms with Crippen molar-refractivity contribution in [1.29, 1.82) is 0 Å². The fourth-order valence-electron chi connectivity index (χ4n) is 2.83. The van der Waals surface area contributed by atoms with Crippen molar-refractivity contribution in [3.63, 3.8) is 0 Å². The summed E-state index contributed by atoms with van der Waals surface area (Å²) < 4.78 is 13.3. The molecule has 2 atom stereocenters. The van der Waals surface area contributed by atoms with Crippen molar-refractivity contribution in [2.45, 2.75) is 25.5 Å². The van der Waals surface area contributed by atoms with E-state index in [4.69, 9.17) is 9.47 Å². The third-order valence-corrected chi connectivity index (χ3v) is 3.86. The third-order valence-electron chi connectivity index (χ3n) is 3.86. The SMILES string of the molecule is CCNC1CC(c2cnn(C)c2)Oc2ccc(OC)cc21. The van der Waals surface area contributed by atoms with Crippen LogP contribution < -0.4 is 14.8 Å². The van der Waals surface area contributed by atoms with Gasteiger partial charge in [0, 0.05) is 36.8 Å². The molecule has 0 radical (unpaired) electrons. The molecule has 2 unspecified atom stereocenters. The second-order valence-corrected chi connectivity index (χ2v) is 5.30. The molecule has 0 bridgehead atoms. The van der Waals surface area contributed by atoms with Crippen molar-refractivity contribution < 1.29 is 9.47 Å². The van der Waals surface area contributed by atoms with Gasteiger partial charge in [-0.3, -0.25) is 4.68 Å². The monoisotopic (exact) mass is 287 g/mol. The molecule has 5 heteroatoms. The molecule has 1 aromatic heterocycles. The number of methoxy groups -OCH3 is 1. The Labute approximate surface area is 124 Å². The molecule has 0 saturated heterocycles. The molecule has 2 aromatic rings. The van der Waals surface area contributed by atoms with Crippen molar-refractivity contribution in [1.82, 2.24) is 15.1 Å². The zero-order valence-corrected chi connectivity index (χ0v) is 12.7. The van der Waals surface area contributed by atoms with Gasteiger partial charge in [0.25, 0.3) is 0 Å². The average Bonchev–Trinajstić information content (AvgIpc) is 2.93. The van der Waals surface area contributed by atoms with Gasteiger partial charge >= 0.3 is 0 Å². The second kappa shape index (κ2) is 5.77. The molecule has 1 aliphatic heterocycles. The fourth-order valence-corrected chi connectivity index (χ4v) is 2.83. The highest BCUT2D eigenvalue weighted by molar-refractivity contribution is 5.44. The lowest BCUT2D eigenvalue weighted by Crippen LogP contribution is -2.28. The Morgan fingerprint density at radius 2 is 2.33 bits per heavy atom. The van der Waals surface area contributed by atoms with Crippen LogP contribution in [0.4, 0.5) is 0 Å². The van der Waals surface area contributed by atoms with Crippen LogP contribution in [0.5, 0.6) is 11.5 Å². The number of benzene rings is 1. The van der Waals surface area contributed by atoms with Gasteiger partial charge in [0.2, 0.25) is 0 Å². The maximum Gasteiger partial charge on any atom is 0.129 e. The summed E-state index contributed by atoms with van der Waals surface area (Å²) in [6.45, 7) is 3.04. The first kappa shape index (κ1) is 13.9. The van der Waals surface area contributed by atoms with Gasteiger partial charge in [-0.1, -0.05) is 6.92 Å². The van der Waals surface area contributed by atoms with Gasteiger partial charge in [-0.25, -0.2) is 0 Å². The first-order valence-electron chi connectivity index (χ1n) is 7.27. The van der Waals surface area contributed by atoms with Crippen molar-refractivity contribution in [2.75, 3.05) is 13.7 Å². The van der Waals surface area contributed by atoms with E-state index in [2.05, 4.69) is 23.4 Å². The molecular weight excluding hydrogens is 266 g/mol. The summed E-state index contributed by atoms with van der Waals surface area (Å²) in [7, 11) is 3.61. The number of hydrogen-bond donors (Lipinski definition) is 1. The van der Waals surface area contributed by atoms with Gasteiger partial charge in [0.1, 0.15) is 17.6 Å². The normalized spacial score (nSPS) is 20.7. The van der Waals surface area contributed by atoms with E-state index in [0.717, 1.165) is 35.6 Å². The highest BCUT2D eigenvalue weighted by Gasteiger charge is 2.29. The minimum Gasteiger partial charge on any atom is -0.497 e. The maximum atomic E-state index is 6.16. The van der Waals surface area contributed by atoms with E-state index in [1.54, 1.807) is 7.11 Å². The highest BCUT2D eigenvalue weighted by Crippen LogP contribution is 2.42. The van der Waals surface area contributed by atoms with Gasteiger partial charge in [-0.05, 0) is 24.7 Å². The Morgan fingerprint density at radius 1 is 1.48 bits per heavy atom.